The van der Waals surface area contributed by atoms with E-state index in [1.807, 2.05) is 36.6 Å². The van der Waals surface area contributed by atoms with Crippen molar-refractivity contribution < 1.29 is 13.2 Å². The highest BCUT2D eigenvalue weighted by atomic mass is 32.2. The molecular weight excluding hydrogens is 460 g/mol. The molecule has 1 aliphatic carbocycles. The summed E-state index contributed by atoms with van der Waals surface area (Å²) >= 11 is 0. The number of rotatable bonds is 8. The van der Waals surface area contributed by atoms with Crippen molar-refractivity contribution in [3.8, 4) is 11.3 Å². The molecule has 3 heterocycles. The van der Waals surface area contributed by atoms with Gasteiger partial charge in [-0.2, -0.15) is 0 Å². The van der Waals surface area contributed by atoms with E-state index in [1.54, 1.807) is 0 Å². The molecule has 186 valence electrons. The van der Waals surface area contributed by atoms with Crippen LogP contribution < -0.4 is 5.32 Å². The molecule has 1 aromatic carbocycles. The molecule has 0 radical (unpaired) electrons. The van der Waals surface area contributed by atoms with E-state index < -0.39 is 9.84 Å². The predicted molar refractivity (Wildman–Crippen MR) is 139 cm³/mol. The SMILES string of the molecule is CC(C)CS(=O)(=O)C1CCN(Cc2ccc(-c3cccc4nc(NC(=O)C5CC5)cn34)cc2)CC1. The molecule has 3 aromatic rings. The smallest absolute Gasteiger partial charge is 0.228 e. The molecule has 8 heteroatoms. The highest BCUT2D eigenvalue weighted by Crippen LogP contribution is 2.30. The van der Waals surface area contributed by atoms with Crippen molar-refractivity contribution in [2.75, 3.05) is 24.2 Å². The lowest BCUT2D eigenvalue weighted by Crippen LogP contribution is -2.40. The summed E-state index contributed by atoms with van der Waals surface area (Å²) in [6.45, 7) is 6.38. The van der Waals surface area contributed by atoms with Crippen LogP contribution in [-0.2, 0) is 21.2 Å². The van der Waals surface area contributed by atoms with Crippen LogP contribution in [0.5, 0.6) is 0 Å². The van der Waals surface area contributed by atoms with E-state index in [0.29, 0.717) is 5.82 Å². The fourth-order valence-corrected chi connectivity index (χ4v) is 7.08. The molecule has 1 N–H and O–H groups in total. The van der Waals surface area contributed by atoms with Gasteiger partial charge in [-0.3, -0.25) is 14.1 Å². The van der Waals surface area contributed by atoms with E-state index in [1.165, 1.54) is 5.56 Å². The Bertz CT molecular complexity index is 1300. The van der Waals surface area contributed by atoms with Gasteiger partial charge in [0.1, 0.15) is 5.65 Å². The van der Waals surface area contributed by atoms with Gasteiger partial charge in [0.15, 0.2) is 15.7 Å². The van der Waals surface area contributed by atoms with Crippen LogP contribution in [-0.4, -0.2) is 52.7 Å². The summed E-state index contributed by atoms with van der Waals surface area (Å²) in [5.74, 6) is 1.25. The molecule has 35 heavy (non-hydrogen) atoms. The highest BCUT2D eigenvalue weighted by molar-refractivity contribution is 7.92. The summed E-state index contributed by atoms with van der Waals surface area (Å²) in [4.78, 5) is 19.0. The van der Waals surface area contributed by atoms with Crippen molar-refractivity contribution in [2.24, 2.45) is 11.8 Å². The van der Waals surface area contributed by atoms with Crippen molar-refractivity contribution in [2.45, 2.75) is 51.3 Å². The lowest BCUT2D eigenvalue weighted by molar-refractivity contribution is -0.117. The quantitative estimate of drug-likeness (QED) is 0.502. The zero-order valence-corrected chi connectivity index (χ0v) is 21.3. The molecule has 2 aliphatic rings. The van der Waals surface area contributed by atoms with Crippen LogP contribution >= 0.6 is 0 Å². The van der Waals surface area contributed by atoms with Crippen molar-refractivity contribution >= 4 is 27.2 Å². The molecule has 5 rings (SSSR count). The first-order valence-electron chi connectivity index (χ1n) is 12.6. The lowest BCUT2D eigenvalue weighted by Gasteiger charge is -2.32. The zero-order valence-electron chi connectivity index (χ0n) is 20.5. The second-order valence-corrected chi connectivity index (χ2v) is 12.8. The van der Waals surface area contributed by atoms with E-state index in [0.717, 1.165) is 62.2 Å². The lowest BCUT2D eigenvalue weighted by atomic mass is 10.1. The standard InChI is InChI=1S/C27H34N4O3S/c1-19(2)18-35(33,34)23-12-14-30(15-13-23)16-20-6-8-21(9-7-20)24-4-3-5-26-28-25(17-31(24)26)29-27(32)22-10-11-22/h3-9,17,19,22-23H,10-16,18H2,1-2H3,(H,29,32). The van der Waals surface area contributed by atoms with Crippen molar-refractivity contribution in [3.63, 3.8) is 0 Å². The number of sulfone groups is 1. The fourth-order valence-electron chi connectivity index (χ4n) is 4.95. The highest BCUT2D eigenvalue weighted by Gasteiger charge is 2.31. The Kier molecular flexibility index (Phi) is 6.68. The van der Waals surface area contributed by atoms with Gasteiger partial charge in [0.05, 0.1) is 22.9 Å². The third kappa shape index (κ3) is 5.59. The number of amides is 1. The Labute approximate surface area is 207 Å². The summed E-state index contributed by atoms with van der Waals surface area (Å²) < 4.78 is 27.1. The van der Waals surface area contributed by atoms with E-state index in [-0.39, 0.29) is 28.7 Å². The fraction of sp³-hybridized carbons (Fsp3) is 0.481. The maximum atomic E-state index is 12.6. The number of anilines is 1. The summed E-state index contributed by atoms with van der Waals surface area (Å²) in [6, 6.07) is 14.5. The van der Waals surface area contributed by atoms with Crippen molar-refractivity contribution in [3.05, 3.63) is 54.2 Å². The van der Waals surface area contributed by atoms with Crippen molar-refractivity contribution in [1.29, 1.82) is 0 Å². The minimum absolute atomic E-state index is 0.0564. The third-order valence-electron chi connectivity index (χ3n) is 6.96. The number of carbonyl (C=O) groups is 1. The first kappa shape index (κ1) is 24.0. The molecule has 7 nitrogen and oxygen atoms in total. The molecule has 0 unspecified atom stereocenters. The number of likely N-dealkylation sites (tertiary alicyclic amines) is 1. The Hall–Kier alpha value is -2.71. The minimum atomic E-state index is -3.00. The number of benzene rings is 1. The maximum absolute atomic E-state index is 12.6. The van der Waals surface area contributed by atoms with Crippen LogP contribution in [0.25, 0.3) is 16.9 Å². The van der Waals surface area contributed by atoms with Crippen LogP contribution in [0, 0.1) is 11.8 Å². The second kappa shape index (κ2) is 9.74. The van der Waals surface area contributed by atoms with E-state index in [9.17, 15) is 13.2 Å². The number of piperidine rings is 1. The van der Waals surface area contributed by atoms with E-state index in [2.05, 4.69) is 45.5 Å². The molecule has 1 saturated carbocycles. The van der Waals surface area contributed by atoms with Crippen LogP contribution in [0.15, 0.2) is 48.7 Å². The molecule has 2 fully saturated rings. The Morgan fingerprint density at radius 1 is 1.06 bits per heavy atom. The number of nitrogens with zero attached hydrogens (tertiary/aromatic N) is 3. The molecule has 1 aliphatic heterocycles. The van der Waals surface area contributed by atoms with Gasteiger partial charge in [0, 0.05) is 12.5 Å². The normalized spacial score (nSPS) is 17.8. The third-order valence-corrected chi connectivity index (χ3v) is 9.57. The van der Waals surface area contributed by atoms with Crippen molar-refractivity contribution in [1.82, 2.24) is 14.3 Å². The van der Waals surface area contributed by atoms with E-state index >= 15 is 0 Å². The Morgan fingerprint density at radius 2 is 1.77 bits per heavy atom. The number of hydrogen-bond acceptors (Lipinski definition) is 5. The van der Waals surface area contributed by atoms with Gasteiger partial charge in [0.2, 0.25) is 5.91 Å². The maximum Gasteiger partial charge on any atom is 0.228 e. The summed E-state index contributed by atoms with van der Waals surface area (Å²) in [5.41, 5.74) is 4.11. The van der Waals surface area contributed by atoms with Crippen LogP contribution in [0.1, 0.15) is 45.1 Å². The number of fused-ring (bicyclic) bond motifs is 1. The summed E-state index contributed by atoms with van der Waals surface area (Å²) in [7, 11) is -3.00. The number of imidazole rings is 1. The van der Waals surface area contributed by atoms with Gasteiger partial charge >= 0.3 is 0 Å². The molecule has 2 aromatic heterocycles. The van der Waals surface area contributed by atoms with Crippen LogP contribution in [0.2, 0.25) is 0 Å². The number of hydrogen-bond donors (Lipinski definition) is 1. The molecule has 0 atom stereocenters. The van der Waals surface area contributed by atoms with Gasteiger partial charge in [-0.15, -0.1) is 0 Å². The largest absolute Gasteiger partial charge is 0.309 e. The first-order valence-corrected chi connectivity index (χ1v) is 14.3. The average Bonchev–Trinajstić information content (AvgIpc) is 3.59. The monoisotopic (exact) mass is 494 g/mol. The van der Waals surface area contributed by atoms with E-state index in [4.69, 9.17) is 0 Å². The Balaban J connectivity index is 1.23. The van der Waals surface area contributed by atoms with Crippen LogP contribution in [0.3, 0.4) is 0 Å². The predicted octanol–water partition coefficient (Wildman–Crippen LogP) is 4.39. The van der Waals surface area contributed by atoms with Crippen LogP contribution in [0.4, 0.5) is 5.82 Å². The van der Waals surface area contributed by atoms with Gasteiger partial charge < -0.3 is 5.32 Å². The molecule has 1 saturated heterocycles. The number of pyridine rings is 1. The van der Waals surface area contributed by atoms with Gasteiger partial charge in [0.25, 0.3) is 0 Å². The average molecular weight is 495 g/mol. The van der Waals surface area contributed by atoms with Gasteiger partial charge in [-0.05, 0) is 68.0 Å². The summed E-state index contributed by atoms with van der Waals surface area (Å²) in [5, 5.41) is 2.74. The minimum Gasteiger partial charge on any atom is -0.309 e. The molecule has 1 amide bonds. The second-order valence-electron chi connectivity index (χ2n) is 10.4. The topological polar surface area (TPSA) is 83.8 Å². The number of carbonyl (C=O) groups excluding carboxylic acids is 1. The van der Waals surface area contributed by atoms with Gasteiger partial charge in [-0.25, -0.2) is 13.4 Å². The Morgan fingerprint density at radius 3 is 2.43 bits per heavy atom. The molecule has 0 bridgehead atoms. The number of aromatic nitrogens is 2. The summed E-state index contributed by atoms with van der Waals surface area (Å²) in [6.07, 6.45) is 5.25. The number of nitrogens with one attached hydrogen (secondary N) is 1. The molecular formula is C27H34N4O3S. The molecule has 0 spiro atoms. The zero-order chi connectivity index (χ0) is 24.6. The van der Waals surface area contributed by atoms with Gasteiger partial charge in [-0.1, -0.05) is 44.2 Å². The first-order chi connectivity index (χ1) is 16.8.